The van der Waals surface area contributed by atoms with Crippen LogP contribution in [-0.2, 0) is 0 Å². The molecule has 0 radical (unpaired) electrons. The first-order valence-electron chi connectivity index (χ1n) is 4.06. The van der Waals surface area contributed by atoms with Crippen LogP contribution in [0.4, 0.5) is 0 Å². The van der Waals surface area contributed by atoms with Gasteiger partial charge in [0.2, 0.25) is 5.91 Å². The molecule has 3 nitrogen and oxygen atoms in total. The minimum atomic E-state index is -0.394. The topological polar surface area (TPSA) is 58.9 Å². The molecule has 3 N–H and O–H groups in total. The number of carbonyl (C=O) groups is 1. The molecule has 2 rings (SSSR count). The Bertz CT molecular complexity index is 471. The second-order valence-electron chi connectivity index (χ2n) is 3.10. The Labute approximate surface area is 75.6 Å². The van der Waals surface area contributed by atoms with Gasteiger partial charge in [-0.05, 0) is 24.6 Å². The summed E-state index contributed by atoms with van der Waals surface area (Å²) < 4.78 is 0. The van der Waals surface area contributed by atoms with Crippen LogP contribution in [0.25, 0.3) is 10.9 Å². The molecule has 0 saturated carbocycles. The van der Waals surface area contributed by atoms with Gasteiger partial charge in [-0.25, -0.2) is 0 Å². The number of nitrogens with one attached hydrogen (secondary N) is 1. The minimum Gasteiger partial charge on any atom is -0.366 e. The largest absolute Gasteiger partial charge is 0.366 e. The van der Waals surface area contributed by atoms with Crippen molar-refractivity contribution in [3.8, 4) is 0 Å². The number of aryl methyl sites for hydroxylation is 1. The van der Waals surface area contributed by atoms with E-state index >= 15 is 0 Å². The summed E-state index contributed by atoms with van der Waals surface area (Å²) in [7, 11) is 0. The van der Waals surface area contributed by atoms with E-state index in [1.165, 1.54) is 5.56 Å². The van der Waals surface area contributed by atoms with Crippen molar-refractivity contribution in [2.75, 3.05) is 0 Å². The lowest BCUT2D eigenvalue weighted by molar-refractivity contribution is 0.100. The van der Waals surface area contributed by atoms with Gasteiger partial charge in [0.25, 0.3) is 0 Å². The van der Waals surface area contributed by atoms with Crippen LogP contribution in [0, 0.1) is 6.92 Å². The number of hydrogen-bond acceptors (Lipinski definition) is 1. The van der Waals surface area contributed by atoms with Gasteiger partial charge in [-0.15, -0.1) is 0 Å². The third-order valence-electron chi connectivity index (χ3n) is 2.17. The van der Waals surface area contributed by atoms with Gasteiger partial charge in [-0.3, -0.25) is 4.79 Å². The Balaban J connectivity index is 2.70. The Morgan fingerprint density at radius 1 is 1.46 bits per heavy atom. The van der Waals surface area contributed by atoms with Crippen LogP contribution in [0.5, 0.6) is 0 Å². The zero-order valence-corrected chi connectivity index (χ0v) is 7.29. The number of rotatable bonds is 1. The van der Waals surface area contributed by atoms with Crippen molar-refractivity contribution in [3.05, 3.63) is 35.5 Å². The van der Waals surface area contributed by atoms with Gasteiger partial charge in [0.15, 0.2) is 0 Å². The third kappa shape index (κ3) is 1.18. The molecule has 0 aliphatic heterocycles. The van der Waals surface area contributed by atoms with Gasteiger partial charge in [0, 0.05) is 22.7 Å². The smallest absolute Gasteiger partial charge is 0.248 e. The third-order valence-corrected chi connectivity index (χ3v) is 2.17. The molecule has 1 aromatic carbocycles. The summed E-state index contributed by atoms with van der Waals surface area (Å²) in [6.07, 6.45) is 1.91. The van der Waals surface area contributed by atoms with Crippen molar-refractivity contribution >= 4 is 16.8 Å². The van der Waals surface area contributed by atoms with Crippen molar-refractivity contribution < 1.29 is 4.79 Å². The summed E-state index contributed by atoms with van der Waals surface area (Å²) in [4.78, 5) is 13.9. The quantitative estimate of drug-likeness (QED) is 0.677. The Hall–Kier alpha value is -1.77. The molecule has 2 aromatic rings. The van der Waals surface area contributed by atoms with E-state index < -0.39 is 5.91 Å². The molecule has 0 aliphatic rings. The summed E-state index contributed by atoms with van der Waals surface area (Å²) in [5.41, 5.74) is 7.82. The molecular formula is C10H10N2O. The highest BCUT2D eigenvalue weighted by Crippen LogP contribution is 2.18. The van der Waals surface area contributed by atoms with Gasteiger partial charge in [-0.2, -0.15) is 0 Å². The van der Waals surface area contributed by atoms with Crippen molar-refractivity contribution in [3.63, 3.8) is 0 Å². The van der Waals surface area contributed by atoms with E-state index in [4.69, 9.17) is 5.73 Å². The summed E-state index contributed by atoms with van der Waals surface area (Å²) in [5.74, 6) is -0.394. The number of primary amides is 1. The van der Waals surface area contributed by atoms with E-state index in [2.05, 4.69) is 4.98 Å². The van der Waals surface area contributed by atoms with E-state index in [-0.39, 0.29) is 0 Å². The molecule has 0 aliphatic carbocycles. The summed E-state index contributed by atoms with van der Waals surface area (Å²) >= 11 is 0. The van der Waals surface area contributed by atoms with E-state index in [1.807, 2.05) is 19.2 Å². The van der Waals surface area contributed by atoms with Crippen LogP contribution >= 0.6 is 0 Å². The first-order valence-corrected chi connectivity index (χ1v) is 4.06. The van der Waals surface area contributed by atoms with Crippen molar-refractivity contribution in [1.29, 1.82) is 0 Å². The Morgan fingerprint density at radius 2 is 2.23 bits per heavy atom. The first kappa shape index (κ1) is 7.86. The van der Waals surface area contributed by atoms with Crippen LogP contribution in [0.15, 0.2) is 24.4 Å². The van der Waals surface area contributed by atoms with Gasteiger partial charge in [0.1, 0.15) is 0 Å². The number of aromatic amines is 1. The Kier molecular flexibility index (Phi) is 1.59. The SMILES string of the molecule is Cc1c[nH]c2cc(C(N)=O)ccc12. The molecule has 0 fully saturated rings. The van der Waals surface area contributed by atoms with E-state index in [0.29, 0.717) is 5.56 Å². The van der Waals surface area contributed by atoms with Gasteiger partial charge in [0.05, 0.1) is 0 Å². The molecule has 13 heavy (non-hydrogen) atoms. The van der Waals surface area contributed by atoms with Crippen LogP contribution in [0.3, 0.4) is 0 Å². The first-order chi connectivity index (χ1) is 6.18. The second-order valence-corrected chi connectivity index (χ2v) is 3.10. The van der Waals surface area contributed by atoms with E-state index in [1.54, 1.807) is 12.1 Å². The molecule has 0 unspecified atom stereocenters. The molecule has 0 bridgehead atoms. The van der Waals surface area contributed by atoms with Gasteiger partial charge < -0.3 is 10.7 Å². The number of nitrogens with two attached hydrogens (primary N) is 1. The van der Waals surface area contributed by atoms with Crippen LogP contribution in [0.1, 0.15) is 15.9 Å². The molecule has 1 heterocycles. The highest BCUT2D eigenvalue weighted by Gasteiger charge is 2.03. The average Bonchev–Trinajstić information content (AvgIpc) is 2.47. The fourth-order valence-electron chi connectivity index (χ4n) is 1.42. The molecule has 66 valence electrons. The molecule has 0 atom stereocenters. The zero-order valence-electron chi connectivity index (χ0n) is 7.29. The van der Waals surface area contributed by atoms with Gasteiger partial charge in [-0.1, -0.05) is 6.07 Å². The standard InChI is InChI=1S/C10H10N2O/c1-6-5-12-9-4-7(10(11)13)2-3-8(6)9/h2-5,12H,1H3,(H2,11,13). The highest BCUT2D eigenvalue weighted by molar-refractivity contribution is 5.97. The molecule has 1 amide bonds. The maximum absolute atomic E-state index is 10.9. The predicted molar refractivity (Wildman–Crippen MR) is 51.6 cm³/mol. The second kappa shape index (κ2) is 2.62. The van der Waals surface area contributed by atoms with Crippen molar-refractivity contribution in [2.24, 2.45) is 5.73 Å². The number of aromatic nitrogens is 1. The number of benzene rings is 1. The van der Waals surface area contributed by atoms with Crippen molar-refractivity contribution in [2.45, 2.75) is 6.92 Å². The van der Waals surface area contributed by atoms with Crippen LogP contribution < -0.4 is 5.73 Å². The maximum Gasteiger partial charge on any atom is 0.248 e. The van der Waals surface area contributed by atoms with E-state index in [9.17, 15) is 4.79 Å². The lowest BCUT2D eigenvalue weighted by atomic mass is 10.1. The monoisotopic (exact) mass is 174 g/mol. The number of fused-ring (bicyclic) bond motifs is 1. The molecule has 3 heteroatoms. The normalized spacial score (nSPS) is 10.5. The van der Waals surface area contributed by atoms with Crippen LogP contribution in [0.2, 0.25) is 0 Å². The van der Waals surface area contributed by atoms with E-state index in [0.717, 1.165) is 10.9 Å². The number of carbonyl (C=O) groups excluding carboxylic acids is 1. The maximum atomic E-state index is 10.9. The fraction of sp³-hybridized carbons (Fsp3) is 0.100. The molecule has 0 spiro atoms. The molecule has 0 saturated heterocycles. The van der Waals surface area contributed by atoms with Crippen molar-refractivity contribution in [1.82, 2.24) is 4.98 Å². The zero-order chi connectivity index (χ0) is 9.42. The number of hydrogen-bond donors (Lipinski definition) is 2. The van der Waals surface area contributed by atoms with Crippen LogP contribution in [-0.4, -0.2) is 10.9 Å². The minimum absolute atomic E-state index is 0.394. The predicted octanol–water partition coefficient (Wildman–Crippen LogP) is 1.58. The lowest BCUT2D eigenvalue weighted by Gasteiger charge is -1.95. The average molecular weight is 174 g/mol. The summed E-state index contributed by atoms with van der Waals surface area (Å²) in [6, 6.07) is 5.41. The lowest BCUT2D eigenvalue weighted by Crippen LogP contribution is -2.10. The summed E-state index contributed by atoms with van der Waals surface area (Å²) in [5, 5.41) is 1.13. The number of H-pyrrole nitrogens is 1. The highest BCUT2D eigenvalue weighted by atomic mass is 16.1. The molecule has 1 aromatic heterocycles. The van der Waals surface area contributed by atoms with Gasteiger partial charge >= 0.3 is 0 Å². The fourth-order valence-corrected chi connectivity index (χ4v) is 1.42. The molecular weight excluding hydrogens is 164 g/mol. The Morgan fingerprint density at radius 3 is 2.92 bits per heavy atom. The number of amides is 1. The summed E-state index contributed by atoms with van der Waals surface area (Å²) in [6.45, 7) is 2.02.